The van der Waals surface area contributed by atoms with Gasteiger partial charge < -0.3 is 4.43 Å². The van der Waals surface area contributed by atoms with Gasteiger partial charge in [-0.2, -0.15) is 0 Å². The van der Waals surface area contributed by atoms with Crippen molar-refractivity contribution in [2.24, 2.45) is 0 Å². The lowest BCUT2D eigenvalue weighted by Crippen LogP contribution is -2.40. The molecular formula is C15H35NO3SSi. The molecule has 0 aliphatic rings. The molecule has 0 aromatic carbocycles. The van der Waals surface area contributed by atoms with Crippen LogP contribution in [0.1, 0.15) is 59.3 Å². The molecule has 0 heterocycles. The van der Waals surface area contributed by atoms with Crippen LogP contribution in [0.25, 0.3) is 0 Å². The highest BCUT2D eigenvalue weighted by Gasteiger charge is 2.32. The highest BCUT2D eigenvalue weighted by Crippen LogP contribution is 2.29. The maximum atomic E-state index is 11.1. The molecular weight excluding hydrogens is 302 g/mol. The van der Waals surface area contributed by atoms with Crippen LogP contribution in [-0.2, 0) is 14.4 Å². The number of nitrogens with one attached hydrogen (secondary N) is 1. The van der Waals surface area contributed by atoms with E-state index in [1.165, 1.54) is 62.9 Å². The van der Waals surface area contributed by atoms with E-state index in [1.807, 2.05) is 0 Å². The van der Waals surface area contributed by atoms with Gasteiger partial charge >= 0.3 is 0 Å². The van der Waals surface area contributed by atoms with E-state index in [0.717, 1.165) is 0 Å². The number of rotatable bonds is 14. The summed E-state index contributed by atoms with van der Waals surface area (Å²) >= 11 is 0. The molecule has 0 bridgehead atoms. The normalized spacial score (nSPS) is 12.8. The lowest BCUT2D eigenvalue weighted by molar-refractivity contribution is 0.298. The average Bonchev–Trinajstić information content (AvgIpc) is 2.43. The van der Waals surface area contributed by atoms with Crippen molar-refractivity contribution in [2.75, 3.05) is 19.4 Å². The zero-order valence-electron chi connectivity index (χ0n) is 14.4. The van der Waals surface area contributed by atoms with Gasteiger partial charge in [-0.3, -0.25) is 0 Å². The van der Waals surface area contributed by atoms with Gasteiger partial charge in [0, 0.05) is 13.2 Å². The lowest BCUT2D eigenvalue weighted by atomic mass is 10.4. The SMILES string of the molecule is CCCC[Si](CCCC)(CCCC)OCCNS(C)(=O)=O. The Labute approximate surface area is 133 Å². The summed E-state index contributed by atoms with van der Waals surface area (Å²) in [5.74, 6) is 0. The maximum Gasteiger partial charge on any atom is 0.208 e. The summed E-state index contributed by atoms with van der Waals surface area (Å²) in [7, 11) is -4.80. The van der Waals surface area contributed by atoms with Gasteiger partial charge in [0.05, 0.1) is 6.26 Å². The molecule has 128 valence electrons. The Morgan fingerprint density at radius 3 is 1.67 bits per heavy atom. The van der Waals surface area contributed by atoms with Gasteiger partial charge in [-0.25, -0.2) is 13.1 Å². The van der Waals surface area contributed by atoms with E-state index < -0.39 is 18.3 Å². The standard InChI is InChI=1S/C15H35NO3SSi/c1-5-8-13-21(14-9-6-2,15-10-7-3)19-12-11-16-20(4,17)18/h16H,5-15H2,1-4H3. The van der Waals surface area contributed by atoms with Crippen molar-refractivity contribution in [2.45, 2.75) is 77.4 Å². The van der Waals surface area contributed by atoms with Crippen molar-refractivity contribution in [3.05, 3.63) is 0 Å². The summed E-state index contributed by atoms with van der Waals surface area (Å²) in [5.41, 5.74) is 0. The molecule has 0 saturated carbocycles. The zero-order valence-corrected chi connectivity index (χ0v) is 16.2. The Kier molecular flexibility index (Phi) is 11.7. The van der Waals surface area contributed by atoms with E-state index in [1.54, 1.807) is 0 Å². The van der Waals surface area contributed by atoms with Crippen LogP contribution >= 0.6 is 0 Å². The Hall–Kier alpha value is 0.0869. The van der Waals surface area contributed by atoms with Crippen LogP contribution in [-0.4, -0.2) is 36.1 Å². The summed E-state index contributed by atoms with van der Waals surface area (Å²) in [6, 6.07) is 3.67. The van der Waals surface area contributed by atoms with Crippen LogP contribution in [0.5, 0.6) is 0 Å². The third-order valence-corrected chi connectivity index (χ3v) is 9.17. The maximum absolute atomic E-state index is 11.1. The fraction of sp³-hybridized carbons (Fsp3) is 1.00. The third kappa shape index (κ3) is 11.3. The van der Waals surface area contributed by atoms with E-state index in [4.69, 9.17) is 4.43 Å². The molecule has 0 amide bonds. The predicted octanol–water partition coefficient (Wildman–Crippen LogP) is 3.90. The van der Waals surface area contributed by atoms with E-state index in [0.29, 0.717) is 13.2 Å². The van der Waals surface area contributed by atoms with Crippen LogP contribution in [0.4, 0.5) is 0 Å². The van der Waals surface area contributed by atoms with Gasteiger partial charge in [0.2, 0.25) is 10.0 Å². The predicted molar refractivity (Wildman–Crippen MR) is 93.7 cm³/mol. The highest BCUT2D eigenvalue weighted by atomic mass is 32.2. The van der Waals surface area contributed by atoms with Crippen molar-refractivity contribution in [1.82, 2.24) is 4.72 Å². The fourth-order valence-electron chi connectivity index (χ4n) is 2.58. The molecule has 1 N–H and O–H groups in total. The summed E-state index contributed by atoms with van der Waals surface area (Å²) in [6.07, 6.45) is 8.52. The van der Waals surface area contributed by atoms with Gasteiger partial charge in [-0.1, -0.05) is 59.3 Å². The molecule has 4 nitrogen and oxygen atoms in total. The van der Waals surface area contributed by atoms with Crippen LogP contribution in [0.15, 0.2) is 0 Å². The molecule has 0 radical (unpaired) electrons. The molecule has 0 aliphatic carbocycles. The van der Waals surface area contributed by atoms with E-state index in [2.05, 4.69) is 25.5 Å². The van der Waals surface area contributed by atoms with Gasteiger partial charge in [0.15, 0.2) is 8.32 Å². The number of hydrogen-bond donors (Lipinski definition) is 1. The minimum Gasteiger partial charge on any atom is -0.415 e. The highest BCUT2D eigenvalue weighted by molar-refractivity contribution is 7.88. The van der Waals surface area contributed by atoms with Crippen molar-refractivity contribution in [3.63, 3.8) is 0 Å². The molecule has 0 aromatic heterocycles. The fourth-order valence-corrected chi connectivity index (χ4v) is 7.75. The van der Waals surface area contributed by atoms with Crippen LogP contribution in [0.2, 0.25) is 18.1 Å². The first-order valence-electron chi connectivity index (χ1n) is 8.47. The molecule has 0 atom stereocenters. The molecule has 0 spiro atoms. The summed E-state index contributed by atoms with van der Waals surface area (Å²) < 4.78 is 31.1. The van der Waals surface area contributed by atoms with Gasteiger partial charge in [0.25, 0.3) is 0 Å². The second-order valence-corrected chi connectivity index (χ2v) is 12.0. The molecule has 0 rings (SSSR count). The van der Waals surface area contributed by atoms with Crippen LogP contribution in [0.3, 0.4) is 0 Å². The van der Waals surface area contributed by atoms with E-state index in [9.17, 15) is 8.42 Å². The molecule has 21 heavy (non-hydrogen) atoms. The first kappa shape index (κ1) is 21.1. The van der Waals surface area contributed by atoms with Crippen LogP contribution in [0, 0.1) is 0 Å². The number of unbranched alkanes of at least 4 members (excludes halogenated alkanes) is 3. The Bertz CT molecular complexity index is 325. The third-order valence-electron chi connectivity index (χ3n) is 3.83. The Morgan fingerprint density at radius 2 is 1.33 bits per heavy atom. The van der Waals surface area contributed by atoms with Crippen molar-refractivity contribution >= 4 is 18.3 Å². The Balaban J connectivity index is 4.54. The smallest absolute Gasteiger partial charge is 0.208 e. The number of sulfonamides is 1. The van der Waals surface area contributed by atoms with Crippen molar-refractivity contribution < 1.29 is 12.8 Å². The quantitative estimate of drug-likeness (QED) is 0.386. The van der Waals surface area contributed by atoms with E-state index >= 15 is 0 Å². The molecule has 0 aliphatic heterocycles. The summed E-state index contributed by atoms with van der Waals surface area (Å²) in [6.45, 7) is 7.60. The summed E-state index contributed by atoms with van der Waals surface area (Å²) in [5, 5.41) is 0. The summed E-state index contributed by atoms with van der Waals surface area (Å²) in [4.78, 5) is 0. The van der Waals surface area contributed by atoms with Crippen molar-refractivity contribution in [1.29, 1.82) is 0 Å². The largest absolute Gasteiger partial charge is 0.415 e. The first-order chi connectivity index (χ1) is 9.89. The minimum absolute atomic E-state index is 0.401. The lowest BCUT2D eigenvalue weighted by Gasteiger charge is -2.32. The molecule has 0 saturated heterocycles. The average molecular weight is 338 g/mol. The molecule has 0 fully saturated rings. The van der Waals surface area contributed by atoms with Crippen LogP contribution < -0.4 is 4.72 Å². The molecule has 0 aromatic rings. The second kappa shape index (κ2) is 11.6. The van der Waals surface area contributed by atoms with Gasteiger partial charge in [-0.15, -0.1) is 0 Å². The van der Waals surface area contributed by atoms with Gasteiger partial charge in [-0.05, 0) is 18.1 Å². The number of hydrogen-bond acceptors (Lipinski definition) is 3. The van der Waals surface area contributed by atoms with E-state index in [-0.39, 0.29) is 0 Å². The van der Waals surface area contributed by atoms with Gasteiger partial charge in [0.1, 0.15) is 0 Å². The second-order valence-electron chi connectivity index (χ2n) is 6.01. The zero-order chi connectivity index (χ0) is 16.2. The van der Waals surface area contributed by atoms with Crippen molar-refractivity contribution in [3.8, 4) is 0 Å². The molecule has 6 heteroatoms. The minimum atomic E-state index is -3.11. The monoisotopic (exact) mass is 337 g/mol. The first-order valence-corrected chi connectivity index (χ1v) is 12.9. The topological polar surface area (TPSA) is 55.4 Å². The Morgan fingerprint density at radius 1 is 0.905 bits per heavy atom. The molecule has 0 unspecified atom stereocenters.